The lowest BCUT2D eigenvalue weighted by Gasteiger charge is -2.18. The van der Waals surface area contributed by atoms with E-state index in [1.54, 1.807) is 0 Å². The van der Waals surface area contributed by atoms with Gasteiger partial charge in [0.1, 0.15) is 6.10 Å². The van der Waals surface area contributed by atoms with E-state index in [2.05, 4.69) is 0 Å². The van der Waals surface area contributed by atoms with Gasteiger partial charge in [-0.25, -0.2) is 0 Å². The Kier molecular flexibility index (Phi) is 20.4. The molecule has 0 heterocycles. The largest absolute Gasteiger partial charge is 0.378 e. The van der Waals surface area contributed by atoms with Gasteiger partial charge in [-0.2, -0.15) is 0 Å². The number of ether oxygens (including phenoxy) is 6. The summed E-state index contributed by atoms with van der Waals surface area (Å²) in [6.07, 6.45) is -0.171. The zero-order chi connectivity index (χ0) is 17.7. The van der Waals surface area contributed by atoms with Crippen LogP contribution in [0.3, 0.4) is 0 Å². The van der Waals surface area contributed by atoms with Crippen molar-refractivity contribution in [2.75, 3.05) is 92.3 Å². The monoisotopic (exact) mass is 353 g/mol. The lowest BCUT2D eigenvalue weighted by molar-refractivity contribution is -0.0825. The van der Waals surface area contributed by atoms with E-state index in [1.165, 1.54) is 0 Å². The molecule has 6 N–H and O–H groups in total. The highest BCUT2D eigenvalue weighted by Crippen LogP contribution is 1.97. The number of rotatable bonds is 20. The molecule has 24 heavy (non-hydrogen) atoms. The van der Waals surface area contributed by atoms with Gasteiger partial charge in [-0.1, -0.05) is 0 Å². The Morgan fingerprint density at radius 1 is 0.458 bits per heavy atom. The van der Waals surface area contributed by atoms with Crippen molar-refractivity contribution in [3.8, 4) is 0 Å². The van der Waals surface area contributed by atoms with E-state index in [0.717, 1.165) is 0 Å². The van der Waals surface area contributed by atoms with Crippen molar-refractivity contribution < 1.29 is 28.4 Å². The summed E-state index contributed by atoms with van der Waals surface area (Å²) in [7, 11) is 0. The van der Waals surface area contributed by atoms with Gasteiger partial charge in [-0.15, -0.1) is 0 Å². The smallest absolute Gasteiger partial charge is 0.104 e. The molecule has 0 aromatic heterocycles. The zero-order valence-corrected chi connectivity index (χ0v) is 14.7. The van der Waals surface area contributed by atoms with E-state index in [0.29, 0.717) is 92.3 Å². The molecule has 0 aromatic rings. The van der Waals surface area contributed by atoms with Gasteiger partial charge in [0.05, 0.1) is 72.7 Å². The number of hydrogen-bond donors (Lipinski definition) is 3. The maximum absolute atomic E-state index is 5.71. The third-order valence-electron chi connectivity index (χ3n) is 2.72. The molecule has 146 valence electrons. The molecule has 0 bridgehead atoms. The molecule has 0 spiro atoms. The van der Waals surface area contributed by atoms with Crippen LogP contribution in [0.15, 0.2) is 0 Å². The summed E-state index contributed by atoms with van der Waals surface area (Å²) < 4.78 is 32.5. The molecule has 0 saturated carbocycles. The SMILES string of the molecule is NCCOCCOCC(COCCOCCN)OCCOCCN. The number of hydrogen-bond acceptors (Lipinski definition) is 9. The van der Waals surface area contributed by atoms with Crippen LogP contribution in [0.5, 0.6) is 0 Å². The molecule has 0 saturated heterocycles. The Morgan fingerprint density at radius 3 is 1.25 bits per heavy atom. The van der Waals surface area contributed by atoms with Crippen LogP contribution in [-0.2, 0) is 28.4 Å². The number of nitrogens with two attached hydrogens (primary N) is 3. The summed E-state index contributed by atoms with van der Waals surface area (Å²) in [5.41, 5.74) is 16.0. The van der Waals surface area contributed by atoms with Crippen LogP contribution in [0.1, 0.15) is 0 Å². The summed E-state index contributed by atoms with van der Waals surface area (Å²) in [6, 6.07) is 0. The lowest BCUT2D eigenvalue weighted by Crippen LogP contribution is -2.29. The molecule has 0 aromatic carbocycles. The minimum Gasteiger partial charge on any atom is -0.378 e. The van der Waals surface area contributed by atoms with Crippen molar-refractivity contribution in [2.24, 2.45) is 17.2 Å². The second-order valence-corrected chi connectivity index (χ2v) is 4.85. The highest BCUT2D eigenvalue weighted by molar-refractivity contribution is 4.56. The fourth-order valence-electron chi connectivity index (χ4n) is 1.64. The van der Waals surface area contributed by atoms with E-state index in [1.807, 2.05) is 0 Å². The average molecular weight is 353 g/mol. The topological polar surface area (TPSA) is 133 Å². The molecular formula is C15H35N3O6. The van der Waals surface area contributed by atoms with Crippen molar-refractivity contribution in [1.82, 2.24) is 0 Å². The standard InChI is InChI=1S/C15H35N3O6/c16-1-4-19-7-9-22-13-15(24-12-11-21-6-3-18)14-23-10-8-20-5-2-17/h15H,1-14,16-18H2. The minimum absolute atomic E-state index is 0.171. The van der Waals surface area contributed by atoms with Gasteiger partial charge in [0, 0.05) is 19.6 Å². The van der Waals surface area contributed by atoms with Crippen molar-refractivity contribution in [3.63, 3.8) is 0 Å². The van der Waals surface area contributed by atoms with Gasteiger partial charge >= 0.3 is 0 Å². The van der Waals surface area contributed by atoms with E-state index in [9.17, 15) is 0 Å². The van der Waals surface area contributed by atoms with Crippen LogP contribution in [0.25, 0.3) is 0 Å². The van der Waals surface area contributed by atoms with E-state index < -0.39 is 0 Å². The Bertz CT molecular complexity index is 223. The lowest BCUT2D eigenvalue weighted by atomic mass is 10.4. The Morgan fingerprint density at radius 2 is 0.833 bits per heavy atom. The van der Waals surface area contributed by atoms with Crippen molar-refractivity contribution in [1.29, 1.82) is 0 Å². The predicted octanol–water partition coefficient (Wildman–Crippen LogP) is -1.67. The highest BCUT2D eigenvalue weighted by atomic mass is 16.6. The Labute approximate surface area is 145 Å². The van der Waals surface area contributed by atoms with Crippen molar-refractivity contribution in [3.05, 3.63) is 0 Å². The van der Waals surface area contributed by atoms with Gasteiger partial charge < -0.3 is 45.6 Å². The summed E-state index contributed by atoms with van der Waals surface area (Å²) >= 11 is 0. The summed E-state index contributed by atoms with van der Waals surface area (Å²) in [4.78, 5) is 0. The molecule has 0 fully saturated rings. The van der Waals surface area contributed by atoms with Gasteiger partial charge in [0.2, 0.25) is 0 Å². The van der Waals surface area contributed by atoms with Crippen LogP contribution < -0.4 is 17.2 Å². The first kappa shape index (κ1) is 23.6. The maximum atomic E-state index is 5.71. The molecular weight excluding hydrogens is 318 g/mol. The molecule has 9 nitrogen and oxygen atoms in total. The average Bonchev–Trinajstić information content (AvgIpc) is 2.60. The van der Waals surface area contributed by atoms with Crippen LogP contribution in [0, 0.1) is 0 Å². The molecule has 0 amide bonds. The Balaban J connectivity index is 3.74. The second kappa shape index (κ2) is 20.7. The molecule has 0 aliphatic heterocycles. The quantitative estimate of drug-likeness (QED) is 0.220. The fourth-order valence-corrected chi connectivity index (χ4v) is 1.64. The summed E-state index contributed by atoms with van der Waals surface area (Å²) in [5, 5.41) is 0. The zero-order valence-electron chi connectivity index (χ0n) is 14.7. The molecule has 0 rings (SSSR count). The maximum Gasteiger partial charge on any atom is 0.104 e. The van der Waals surface area contributed by atoms with Crippen LogP contribution in [0.4, 0.5) is 0 Å². The minimum atomic E-state index is -0.171. The van der Waals surface area contributed by atoms with E-state index in [4.69, 9.17) is 45.6 Å². The van der Waals surface area contributed by atoms with Crippen molar-refractivity contribution >= 4 is 0 Å². The normalized spacial score (nSPS) is 11.5. The molecule has 0 radical (unpaired) electrons. The molecule has 0 aliphatic carbocycles. The van der Waals surface area contributed by atoms with E-state index >= 15 is 0 Å². The van der Waals surface area contributed by atoms with Crippen LogP contribution in [-0.4, -0.2) is 98.4 Å². The van der Waals surface area contributed by atoms with Gasteiger partial charge in [0.25, 0.3) is 0 Å². The van der Waals surface area contributed by atoms with Crippen LogP contribution in [0.2, 0.25) is 0 Å². The predicted molar refractivity (Wildman–Crippen MR) is 91.0 cm³/mol. The molecule has 9 heteroatoms. The summed E-state index contributed by atoms with van der Waals surface area (Å²) in [6.45, 7) is 6.92. The Hall–Kier alpha value is -0.360. The van der Waals surface area contributed by atoms with E-state index in [-0.39, 0.29) is 6.10 Å². The molecule has 0 aliphatic rings. The first-order chi connectivity index (χ1) is 11.8. The van der Waals surface area contributed by atoms with Crippen LogP contribution >= 0.6 is 0 Å². The molecule has 0 atom stereocenters. The fraction of sp³-hybridized carbons (Fsp3) is 1.00. The van der Waals surface area contributed by atoms with Crippen molar-refractivity contribution in [2.45, 2.75) is 6.10 Å². The third kappa shape index (κ3) is 18.0. The van der Waals surface area contributed by atoms with Gasteiger partial charge in [0.15, 0.2) is 0 Å². The first-order valence-electron chi connectivity index (χ1n) is 8.45. The second-order valence-electron chi connectivity index (χ2n) is 4.85. The molecule has 0 unspecified atom stereocenters. The first-order valence-corrected chi connectivity index (χ1v) is 8.45. The third-order valence-corrected chi connectivity index (χ3v) is 2.72. The highest BCUT2D eigenvalue weighted by Gasteiger charge is 2.10. The van der Waals surface area contributed by atoms with Gasteiger partial charge in [-0.05, 0) is 0 Å². The van der Waals surface area contributed by atoms with Gasteiger partial charge in [-0.3, -0.25) is 0 Å². The summed E-state index contributed by atoms with van der Waals surface area (Å²) in [5.74, 6) is 0.